The number of hydrogen-bond acceptors (Lipinski definition) is 3. The number of urea groups is 1. The molecule has 1 heterocycles. The fourth-order valence-electron chi connectivity index (χ4n) is 2.68. The van der Waals surface area contributed by atoms with Crippen LogP contribution in [-0.4, -0.2) is 50.2 Å². The molecule has 1 fully saturated rings. The lowest BCUT2D eigenvalue weighted by molar-refractivity contribution is -0.892. The number of nitrogens with zero attached hydrogens (tertiary/aromatic N) is 1. The predicted octanol–water partition coefficient (Wildman–Crippen LogP) is 0.155. The Hall–Kier alpha value is -2.15. The highest BCUT2D eigenvalue weighted by molar-refractivity contribution is 5.94. The average Bonchev–Trinajstić information content (AvgIpc) is 2.46. The summed E-state index contributed by atoms with van der Waals surface area (Å²) < 4.78 is 13.0. The minimum Gasteiger partial charge on any atom is -0.360 e. The summed E-state index contributed by atoms with van der Waals surface area (Å²) in [7, 11) is 0. The van der Waals surface area contributed by atoms with Gasteiger partial charge in [-0.1, -0.05) is 0 Å². The Morgan fingerprint density at radius 1 is 1.17 bits per heavy atom. The number of rotatable bonds is 3. The molecule has 0 bridgehead atoms. The van der Waals surface area contributed by atoms with E-state index in [0.29, 0.717) is 0 Å². The molecule has 1 aromatic carbocycles. The first-order chi connectivity index (χ1) is 11.2. The number of quaternary nitrogens is 1. The molecular weight excluding hydrogens is 311 g/mol. The van der Waals surface area contributed by atoms with Crippen LogP contribution in [0.3, 0.4) is 0 Å². The molecule has 7 heteroatoms. The van der Waals surface area contributed by atoms with Gasteiger partial charge in [0.25, 0.3) is 5.91 Å². The molecule has 3 amide bonds. The number of amides is 3. The van der Waals surface area contributed by atoms with Crippen LogP contribution in [0.2, 0.25) is 0 Å². The molecule has 1 aliphatic rings. The van der Waals surface area contributed by atoms with Crippen LogP contribution < -0.4 is 20.4 Å². The molecule has 0 aromatic heterocycles. The van der Waals surface area contributed by atoms with Crippen molar-refractivity contribution < 1.29 is 18.9 Å². The first-order valence-electron chi connectivity index (χ1n) is 8.19. The van der Waals surface area contributed by atoms with Crippen molar-refractivity contribution in [2.45, 2.75) is 26.3 Å². The van der Waals surface area contributed by atoms with Gasteiger partial charge in [0, 0.05) is 11.2 Å². The van der Waals surface area contributed by atoms with E-state index < -0.39 is 6.03 Å². The van der Waals surface area contributed by atoms with Crippen LogP contribution in [0.25, 0.3) is 0 Å². The lowest BCUT2D eigenvalue weighted by Gasteiger charge is -2.33. The lowest BCUT2D eigenvalue weighted by atomic mass is 10.1. The lowest BCUT2D eigenvalue weighted by Crippen LogP contribution is -3.16. The molecule has 1 saturated heterocycles. The summed E-state index contributed by atoms with van der Waals surface area (Å²) in [6.07, 6.45) is 0. The third-order valence-corrected chi connectivity index (χ3v) is 3.81. The Balaban J connectivity index is 1.75. The van der Waals surface area contributed by atoms with Crippen molar-refractivity contribution in [1.82, 2.24) is 10.6 Å². The normalized spacial score (nSPS) is 15.9. The molecule has 0 atom stereocenters. The number of carbonyl (C=O) groups is 2. The maximum atomic E-state index is 13.0. The van der Waals surface area contributed by atoms with Crippen LogP contribution in [0, 0.1) is 5.82 Å². The second kappa shape index (κ2) is 7.61. The third-order valence-electron chi connectivity index (χ3n) is 3.81. The van der Waals surface area contributed by atoms with Gasteiger partial charge in [-0.05, 0) is 45.0 Å². The maximum Gasteiger partial charge on any atom is 0.322 e. The van der Waals surface area contributed by atoms with Crippen LogP contribution >= 0.6 is 0 Å². The molecule has 24 heavy (non-hydrogen) atoms. The second-order valence-electron chi connectivity index (χ2n) is 7.14. The molecule has 0 aliphatic carbocycles. The van der Waals surface area contributed by atoms with Gasteiger partial charge in [-0.15, -0.1) is 0 Å². The van der Waals surface area contributed by atoms with E-state index >= 15 is 0 Å². The highest BCUT2D eigenvalue weighted by Gasteiger charge is 2.24. The van der Waals surface area contributed by atoms with E-state index in [1.165, 1.54) is 12.1 Å². The van der Waals surface area contributed by atoms with Crippen LogP contribution in [0.4, 0.5) is 14.9 Å². The number of anilines is 1. The SMILES string of the molecule is CC(C)(C)NC(=O)NC(=O)C[NH+]1CCN(c2ccc(F)cc2)CC1. The molecule has 0 radical (unpaired) electrons. The summed E-state index contributed by atoms with van der Waals surface area (Å²) in [6, 6.07) is 5.98. The van der Waals surface area contributed by atoms with Crippen LogP contribution in [0.15, 0.2) is 24.3 Å². The monoisotopic (exact) mass is 337 g/mol. The second-order valence-corrected chi connectivity index (χ2v) is 7.14. The van der Waals surface area contributed by atoms with Gasteiger partial charge in [0.05, 0.1) is 26.2 Å². The number of imide groups is 1. The quantitative estimate of drug-likeness (QED) is 0.736. The van der Waals surface area contributed by atoms with E-state index in [1.54, 1.807) is 12.1 Å². The Morgan fingerprint density at radius 2 is 1.75 bits per heavy atom. The van der Waals surface area contributed by atoms with Crippen molar-refractivity contribution in [1.29, 1.82) is 0 Å². The van der Waals surface area contributed by atoms with Crippen LogP contribution in [-0.2, 0) is 4.79 Å². The number of benzene rings is 1. The van der Waals surface area contributed by atoms with E-state index in [2.05, 4.69) is 15.5 Å². The van der Waals surface area contributed by atoms with Gasteiger partial charge in [-0.3, -0.25) is 10.1 Å². The highest BCUT2D eigenvalue weighted by Crippen LogP contribution is 2.14. The third kappa shape index (κ3) is 5.81. The average molecular weight is 337 g/mol. The molecule has 1 aromatic rings. The first kappa shape index (κ1) is 18.2. The Bertz CT molecular complexity index is 575. The van der Waals surface area contributed by atoms with Gasteiger partial charge in [0.2, 0.25) is 0 Å². The fourth-order valence-corrected chi connectivity index (χ4v) is 2.68. The number of hydrogen-bond donors (Lipinski definition) is 3. The standard InChI is InChI=1S/C17H25FN4O2/c1-17(2,3)20-16(24)19-15(23)12-21-8-10-22(11-9-21)14-6-4-13(18)5-7-14/h4-7H,8-12H2,1-3H3,(H2,19,20,23,24)/p+1. The molecule has 2 rings (SSSR count). The smallest absolute Gasteiger partial charge is 0.322 e. The van der Waals surface area contributed by atoms with Crippen molar-refractivity contribution in [3.63, 3.8) is 0 Å². The topological polar surface area (TPSA) is 65.9 Å². The summed E-state index contributed by atoms with van der Waals surface area (Å²) >= 11 is 0. The molecular formula is C17H26FN4O2+. The van der Waals surface area contributed by atoms with Crippen LogP contribution in [0.1, 0.15) is 20.8 Å². The van der Waals surface area contributed by atoms with E-state index in [1.807, 2.05) is 20.8 Å². The van der Waals surface area contributed by atoms with Crippen molar-refractivity contribution >= 4 is 17.6 Å². The zero-order chi connectivity index (χ0) is 17.7. The number of nitrogens with one attached hydrogen (secondary N) is 3. The molecule has 6 nitrogen and oxygen atoms in total. The van der Waals surface area contributed by atoms with E-state index in [9.17, 15) is 14.0 Å². The van der Waals surface area contributed by atoms with E-state index in [-0.39, 0.29) is 23.8 Å². The summed E-state index contributed by atoms with van der Waals surface area (Å²) in [4.78, 5) is 26.9. The zero-order valence-corrected chi connectivity index (χ0v) is 14.5. The van der Waals surface area contributed by atoms with Crippen molar-refractivity contribution in [2.24, 2.45) is 0 Å². The minimum atomic E-state index is -0.461. The predicted molar refractivity (Wildman–Crippen MR) is 90.6 cm³/mol. The summed E-state index contributed by atoms with van der Waals surface area (Å²) in [5.74, 6) is -0.518. The molecule has 0 saturated carbocycles. The summed E-state index contributed by atoms with van der Waals surface area (Å²) in [6.45, 7) is 9.03. The Kier molecular flexibility index (Phi) is 5.77. The van der Waals surface area contributed by atoms with Gasteiger partial charge in [0.15, 0.2) is 6.54 Å². The molecule has 1 aliphatic heterocycles. The number of piperazine rings is 1. The largest absolute Gasteiger partial charge is 0.360 e. The first-order valence-corrected chi connectivity index (χ1v) is 8.19. The Labute approximate surface area is 142 Å². The van der Waals surface area contributed by atoms with Gasteiger partial charge in [-0.25, -0.2) is 9.18 Å². The minimum absolute atomic E-state index is 0.242. The van der Waals surface area contributed by atoms with Crippen molar-refractivity contribution in [3.05, 3.63) is 30.1 Å². The molecule has 3 N–H and O–H groups in total. The molecule has 132 valence electrons. The molecule has 0 unspecified atom stereocenters. The number of carbonyl (C=O) groups excluding carboxylic acids is 2. The van der Waals surface area contributed by atoms with Gasteiger partial charge >= 0.3 is 6.03 Å². The Morgan fingerprint density at radius 3 is 2.29 bits per heavy atom. The van der Waals surface area contributed by atoms with Gasteiger partial charge < -0.3 is 15.1 Å². The van der Waals surface area contributed by atoms with Gasteiger partial charge in [0.1, 0.15) is 5.82 Å². The zero-order valence-electron chi connectivity index (χ0n) is 14.5. The maximum absolute atomic E-state index is 13.0. The van der Waals surface area contributed by atoms with E-state index in [4.69, 9.17) is 0 Å². The molecule has 0 spiro atoms. The summed E-state index contributed by atoms with van der Waals surface area (Å²) in [5.41, 5.74) is 0.613. The van der Waals surface area contributed by atoms with E-state index in [0.717, 1.165) is 36.8 Å². The fraction of sp³-hybridized carbons (Fsp3) is 0.529. The summed E-state index contributed by atoms with van der Waals surface area (Å²) in [5, 5.41) is 5.07. The van der Waals surface area contributed by atoms with Crippen molar-refractivity contribution in [3.8, 4) is 0 Å². The highest BCUT2D eigenvalue weighted by atomic mass is 19.1. The van der Waals surface area contributed by atoms with Gasteiger partial charge in [-0.2, -0.15) is 0 Å². The van der Waals surface area contributed by atoms with Crippen molar-refractivity contribution in [2.75, 3.05) is 37.6 Å². The van der Waals surface area contributed by atoms with Crippen LogP contribution in [0.5, 0.6) is 0 Å². The number of halogens is 1.